The van der Waals surface area contributed by atoms with E-state index >= 15 is 0 Å². The van der Waals surface area contributed by atoms with Crippen LogP contribution in [0.2, 0.25) is 0 Å². The van der Waals surface area contributed by atoms with Gasteiger partial charge >= 0.3 is 0 Å². The molecule has 1 amide bonds. The molecule has 1 aromatic carbocycles. The third-order valence-corrected chi connectivity index (χ3v) is 4.22. The third-order valence-electron chi connectivity index (χ3n) is 4.22. The first-order chi connectivity index (χ1) is 9.72. The van der Waals surface area contributed by atoms with Crippen molar-refractivity contribution < 1.29 is 4.79 Å². The number of hydrogen-bond acceptors (Lipinski definition) is 2. The summed E-state index contributed by atoms with van der Waals surface area (Å²) in [6.07, 6.45) is 4.55. The summed E-state index contributed by atoms with van der Waals surface area (Å²) in [6.45, 7) is 3.23. The van der Waals surface area contributed by atoms with Crippen molar-refractivity contribution in [3.8, 4) is 6.07 Å². The van der Waals surface area contributed by atoms with Crippen LogP contribution in [0.1, 0.15) is 44.6 Å². The fourth-order valence-electron chi connectivity index (χ4n) is 2.96. The molecule has 3 heteroatoms. The Morgan fingerprint density at radius 3 is 2.45 bits per heavy atom. The highest BCUT2D eigenvalue weighted by Gasteiger charge is 2.42. The van der Waals surface area contributed by atoms with E-state index in [1.165, 1.54) is 0 Å². The Morgan fingerprint density at radius 1 is 1.25 bits per heavy atom. The molecule has 3 nitrogen and oxygen atoms in total. The second-order valence-electron chi connectivity index (χ2n) is 5.56. The largest absolute Gasteiger partial charge is 0.337 e. The quantitative estimate of drug-likeness (QED) is 0.840. The number of carbonyl (C=O) groups is 1. The summed E-state index contributed by atoms with van der Waals surface area (Å²) >= 11 is 0. The zero-order chi connectivity index (χ0) is 14.4. The summed E-state index contributed by atoms with van der Waals surface area (Å²) in [5.74, 6) is 0.0195. The third kappa shape index (κ3) is 3.01. The molecule has 0 heterocycles. The highest BCUT2D eigenvalue weighted by Crippen LogP contribution is 2.37. The van der Waals surface area contributed by atoms with Crippen molar-refractivity contribution in [3.05, 3.63) is 35.9 Å². The minimum Gasteiger partial charge on any atom is -0.337 e. The maximum atomic E-state index is 12.8. The molecule has 0 atom stereocenters. The van der Waals surface area contributed by atoms with E-state index in [1.54, 1.807) is 0 Å². The highest BCUT2D eigenvalue weighted by atomic mass is 16.2. The van der Waals surface area contributed by atoms with Crippen molar-refractivity contribution in [1.29, 1.82) is 5.26 Å². The minimum atomic E-state index is -0.775. The molecular weight excluding hydrogens is 248 g/mol. The van der Waals surface area contributed by atoms with Gasteiger partial charge in [0.25, 0.3) is 0 Å². The van der Waals surface area contributed by atoms with Gasteiger partial charge in [-0.2, -0.15) is 5.26 Å². The maximum Gasteiger partial charge on any atom is 0.243 e. The zero-order valence-corrected chi connectivity index (χ0v) is 12.1. The molecule has 0 radical (unpaired) electrons. The lowest BCUT2D eigenvalue weighted by Crippen LogP contribution is -2.44. The molecule has 1 saturated carbocycles. The van der Waals surface area contributed by atoms with Gasteiger partial charge in [-0.3, -0.25) is 4.79 Å². The molecule has 1 fully saturated rings. The summed E-state index contributed by atoms with van der Waals surface area (Å²) in [6, 6.07) is 12.3. The molecule has 0 bridgehead atoms. The van der Waals surface area contributed by atoms with Crippen molar-refractivity contribution in [2.24, 2.45) is 5.41 Å². The van der Waals surface area contributed by atoms with Crippen LogP contribution >= 0.6 is 0 Å². The Bertz CT molecular complexity index is 483. The first kappa shape index (κ1) is 14.6. The SMILES string of the molecule is CCN(Cc1ccccc1)C(=O)C1(C#N)CCCCC1. The van der Waals surface area contributed by atoms with Crippen molar-refractivity contribution in [1.82, 2.24) is 4.90 Å². The standard InChI is InChI=1S/C17H22N2O/c1-2-19(13-15-9-5-3-6-10-15)16(20)17(14-18)11-7-4-8-12-17/h3,5-6,9-10H,2,4,7-8,11-13H2,1H3. The summed E-state index contributed by atoms with van der Waals surface area (Å²) in [5.41, 5.74) is 0.342. The van der Waals surface area contributed by atoms with Crippen LogP contribution in [-0.2, 0) is 11.3 Å². The molecule has 0 aliphatic heterocycles. The fraction of sp³-hybridized carbons (Fsp3) is 0.529. The second-order valence-corrected chi connectivity index (χ2v) is 5.56. The Balaban J connectivity index is 2.14. The van der Waals surface area contributed by atoms with Crippen LogP contribution in [0.25, 0.3) is 0 Å². The Hall–Kier alpha value is -1.82. The molecule has 0 spiro atoms. The smallest absolute Gasteiger partial charge is 0.243 e. The number of hydrogen-bond donors (Lipinski definition) is 0. The van der Waals surface area contributed by atoms with Crippen LogP contribution in [0.15, 0.2) is 30.3 Å². The summed E-state index contributed by atoms with van der Waals surface area (Å²) in [4.78, 5) is 14.6. The van der Waals surface area contributed by atoms with E-state index in [-0.39, 0.29) is 5.91 Å². The van der Waals surface area contributed by atoms with Gasteiger partial charge in [0.05, 0.1) is 6.07 Å². The van der Waals surface area contributed by atoms with E-state index in [9.17, 15) is 10.1 Å². The van der Waals surface area contributed by atoms with E-state index in [4.69, 9.17) is 0 Å². The van der Waals surface area contributed by atoms with Crippen molar-refractivity contribution >= 4 is 5.91 Å². The van der Waals surface area contributed by atoms with E-state index in [2.05, 4.69) is 6.07 Å². The molecule has 0 N–H and O–H groups in total. The van der Waals surface area contributed by atoms with Gasteiger partial charge in [0, 0.05) is 13.1 Å². The van der Waals surface area contributed by atoms with Crippen LogP contribution in [0, 0.1) is 16.7 Å². The molecule has 20 heavy (non-hydrogen) atoms. The number of benzene rings is 1. The first-order valence-corrected chi connectivity index (χ1v) is 7.46. The number of nitrogens with zero attached hydrogens (tertiary/aromatic N) is 2. The first-order valence-electron chi connectivity index (χ1n) is 7.46. The Morgan fingerprint density at radius 2 is 1.90 bits per heavy atom. The lowest BCUT2D eigenvalue weighted by molar-refractivity contribution is -0.141. The molecule has 2 rings (SSSR count). The second kappa shape index (κ2) is 6.56. The Labute approximate surface area is 121 Å². The average molecular weight is 270 g/mol. The predicted octanol–water partition coefficient (Wildman–Crippen LogP) is 3.51. The molecule has 1 aromatic rings. The van der Waals surface area contributed by atoms with Crippen molar-refractivity contribution in [2.75, 3.05) is 6.54 Å². The Kier molecular flexibility index (Phi) is 4.79. The summed E-state index contributed by atoms with van der Waals surface area (Å²) < 4.78 is 0. The normalized spacial score (nSPS) is 17.2. The zero-order valence-electron chi connectivity index (χ0n) is 12.1. The topological polar surface area (TPSA) is 44.1 Å². The molecule has 0 unspecified atom stereocenters. The van der Waals surface area contributed by atoms with Gasteiger partial charge < -0.3 is 4.90 Å². The van der Waals surface area contributed by atoms with Gasteiger partial charge in [-0.1, -0.05) is 49.6 Å². The summed E-state index contributed by atoms with van der Waals surface area (Å²) in [7, 11) is 0. The molecular formula is C17H22N2O. The van der Waals surface area contributed by atoms with Crippen LogP contribution in [0.4, 0.5) is 0 Å². The van der Waals surface area contributed by atoms with E-state index in [0.29, 0.717) is 25.9 Å². The average Bonchev–Trinajstić information content (AvgIpc) is 2.53. The van der Waals surface area contributed by atoms with Crippen LogP contribution in [0.3, 0.4) is 0 Å². The highest BCUT2D eigenvalue weighted by molar-refractivity contribution is 5.85. The molecule has 0 aromatic heterocycles. The molecule has 1 aliphatic rings. The molecule has 1 aliphatic carbocycles. The monoisotopic (exact) mass is 270 g/mol. The van der Waals surface area contributed by atoms with Gasteiger partial charge in [-0.05, 0) is 25.3 Å². The number of rotatable bonds is 4. The fourth-order valence-corrected chi connectivity index (χ4v) is 2.96. The van der Waals surface area contributed by atoms with Gasteiger partial charge in [0.2, 0.25) is 5.91 Å². The van der Waals surface area contributed by atoms with Crippen LogP contribution in [0.5, 0.6) is 0 Å². The number of nitriles is 1. The van der Waals surface area contributed by atoms with Crippen molar-refractivity contribution in [2.45, 2.75) is 45.6 Å². The van der Waals surface area contributed by atoms with Gasteiger partial charge in [-0.25, -0.2) is 0 Å². The summed E-state index contributed by atoms with van der Waals surface area (Å²) in [5, 5.41) is 9.52. The lowest BCUT2D eigenvalue weighted by atomic mass is 9.74. The van der Waals surface area contributed by atoms with Crippen molar-refractivity contribution in [3.63, 3.8) is 0 Å². The number of amides is 1. The number of carbonyl (C=O) groups excluding carboxylic acids is 1. The molecule has 106 valence electrons. The molecule has 0 saturated heterocycles. The van der Waals surface area contributed by atoms with Gasteiger partial charge in [0.15, 0.2) is 0 Å². The van der Waals surface area contributed by atoms with Gasteiger partial charge in [0.1, 0.15) is 5.41 Å². The van der Waals surface area contributed by atoms with Crippen LogP contribution < -0.4 is 0 Å². The van der Waals surface area contributed by atoms with Crippen LogP contribution in [-0.4, -0.2) is 17.4 Å². The predicted molar refractivity (Wildman–Crippen MR) is 78.7 cm³/mol. The van der Waals surface area contributed by atoms with E-state index in [0.717, 1.165) is 24.8 Å². The minimum absolute atomic E-state index is 0.0195. The van der Waals surface area contributed by atoms with Gasteiger partial charge in [-0.15, -0.1) is 0 Å². The van der Waals surface area contributed by atoms with E-state index in [1.807, 2.05) is 42.2 Å². The maximum absolute atomic E-state index is 12.8. The lowest BCUT2D eigenvalue weighted by Gasteiger charge is -2.34. The van der Waals surface area contributed by atoms with E-state index < -0.39 is 5.41 Å².